The average molecular weight is 269 g/mol. The summed E-state index contributed by atoms with van der Waals surface area (Å²) in [6.07, 6.45) is 2.77. The van der Waals surface area contributed by atoms with Crippen molar-refractivity contribution >= 4 is 25.3 Å². The molecule has 1 saturated heterocycles. The SMILES string of the molecule is O=C(O)C(SC1CCCCNC1)P(=O)(O)O. The Kier molecular flexibility index (Phi) is 5.27. The first kappa shape index (κ1) is 14.0. The molecule has 0 aromatic heterocycles. The van der Waals surface area contributed by atoms with Crippen molar-refractivity contribution in [2.45, 2.75) is 29.5 Å². The molecule has 0 radical (unpaired) electrons. The van der Waals surface area contributed by atoms with Gasteiger partial charge in [-0.3, -0.25) is 9.36 Å². The Bertz CT molecular complexity index is 286. The van der Waals surface area contributed by atoms with Crippen molar-refractivity contribution in [3.8, 4) is 0 Å². The van der Waals surface area contributed by atoms with Gasteiger partial charge < -0.3 is 20.2 Å². The van der Waals surface area contributed by atoms with Crippen LogP contribution in [0.15, 0.2) is 0 Å². The molecule has 1 aliphatic heterocycles. The van der Waals surface area contributed by atoms with Crippen LogP contribution in [0.25, 0.3) is 0 Å². The van der Waals surface area contributed by atoms with Gasteiger partial charge in [0.2, 0.25) is 4.99 Å². The zero-order chi connectivity index (χ0) is 12.2. The number of carboxylic acid groups (broad SMARTS) is 1. The molecule has 0 spiro atoms. The topological polar surface area (TPSA) is 107 Å². The van der Waals surface area contributed by atoms with Crippen LogP contribution >= 0.6 is 19.4 Å². The Balaban J connectivity index is 2.60. The van der Waals surface area contributed by atoms with Crippen molar-refractivity contribution in [2.75, 3.05) is 13.1 Å². The third-order valence-electron chi connectivity index (χ3n) is 2.34. The van der Waals surface area contributed by atoms with Crippen molar-refractivity contribution in [1.82, 2.24) is 5.32 Å². The van der Waals surface area contributed by atoms with Crippen LogP contribution in [-0.4, -0.2) is 44.2 Å². The molecular formula is C8H16NO5PS. The van der Waals surface area contributed by atoms with Gasteiger partial charge in [0.05, 0.1) is 0 Å². The maximum absolute atomic E-state index is 11.0. The summed E-state index contributed by atoms with van der Waals surface area (Å²) in [4.78, 5) is 27.0. The van der Waals surface area contributed by atoms with Crippen LogP contribution in [0.1, 0.15) is 19.3 Å². The van der Waals surface area contributed by atoms with E-state index >= 15 is 0 Å². The standard InChI is InChI=1S/C8H16NO5PS/c10-7(11)8(15(12,13)14)16-6-3-1-2-4-9-5-6/h6,8-9H,1-5H2,(H,10,11)(H2,12,13,14). The summed E-state index contributed by atoms with van der Waals surface area (Å²) in [5.41, 5.74) is 0. The van der Waals surface area contributed by atoms with Gasteiger partial charge >= 0.3 is 13.6 Å². The Hall–Kier alpha value is -0.0700. The first-order valence-corrected chi connectivity index (χ1v) is 7.68. The molecule has 0 aliphatic carbocycles. The normalized spacial score (nSPS) is 24.8. The molecule has 1 aliphatic rings. The fourth-order valence-corrected chi connectivity index (χ4v) is 4.00. The molecule has 1 heterocycles. The van der Waals surface area contributed by atoms with Gasteiger partial charge in [0.1, 0.15) is 0 Å². The quantitative estimate of drug-likeness (QED) is 0.549. The average Bonchev–Trinajstić information content (AvgIpc) is 2.39. The predicted octanol–water partition coefficient (Wildman–Crippen LogP) is 0.450. The summed E-state index contributed by atoms with van der Waals surface area (Å²) in [5, 5.41) is 11.9. The Morgan fingerprint density at radius 3 is 2.69 bits per heavy atom. The van der Waals surface area contributed by atoms with Crippen molar-refractivity contribution < 1.29 is 24.3 Å². The molecule has 8 heteroatoms. The molecule has 0 aromatic rings. The summed E-state index contributed by atoms with van der Waals surface area (Å²) < 4.78 is 11.0. The van der Waals surface area contributed by atoms with Gasteiger partial charge in [-0.15, -0.1) is 11.8 Å². The lowest BCUT2D eigenvalue weighted by molar-refractivity contribution is -0.135. The number of nitrogens with one attached hydrogen (secondary N) is 1. The number of hydrogen-bond donors (Lipinski definition) is 4. The van der Waals surface area contributed by atoms with E-state index in [-0.39, 0.29) is 5.25 Å². The second-order valence-electron chi connectivity index (χ2n) is 3.74. The van der Waals surface area contributed by atoms with Gasteiger partial charge in [-0.2, -0.15) is 0 Å². The number of rotatable bonds is 4. The van der Waals surface area contributed by atoms with E-state index in [0.717, 1.165) is 37.6 Å². The van der Waals surface area contributed by atoms with Crippen molar-refractivity contribution in [3.05, 3.63) is 0 Å². The number of aliphatic carboxylic acids is 1. The second-order valence-corrected chi connectivity index (χ2v) is 7.19. The molecule has 2 unspecified atom stereocenters. The predicted molar refractivity (Wildman–Crippen MR) is 61.6 cm³/mol. The van der Waals surface area contributed by atoms with Crippen LogP contribution in [0.3, 0.4) is 0 Å². The lowest BCUT2D eigenvalue weighted by Gasteiger charge is -2.19. The molecule has 16 heavy (non-hydrogen) atoms. The highest BCUT2D eigenvalue weighted by Gasteiger charge is 2.38. The van der Waals surface area contributed by atoms with E-state index in [1.54, 1.807) is 0 Å². The third-order valence-corrected chi connectivity index (χ3v) is 5.61. The monoisotopic (exact) mass is 269 g/mol. The summed E-state index contributed by atoms with van der Waals surface area (Å²) in [7, 11) is -4.58. The zero-order valence-electron chi connectivity index (χ0n) is 8.70. The summed E-state index contributed by atoms with van der Waals surface area (Å²) >= 11 is 0.869. The minimum atomic E-state index is -4.58. The zero-order valence-corrected chi connectivity index (χ0v) is 10.4. The first-order valence-electron chi connectivity index (χ1n) is 5.05. The van der Waals surface area contributed by atoms with Crippen molar-refractivity contribution in [1.29, 1.82) is 0 Å². The largest absolute Gasteiger partial charge is 0.480 e. The van der Waals surface area contributed by atoms with Gasteiger partial charge in [-0.05, 0) is 19.4 Å². The van der Waals surface area contributed by atoms with Crippen molar-refractivity contribution in [2.24, 2.45) is 0 Å². The Labute approximate surface area is 98.0 Å². The van der Waals surface area contributed by atoms with Crippen LogP contribution in [0.4, 0.5) is 0 Å². The highest BCUT2D eigenvalue weighted by molar-refractivity contribution is 8.06. The molecule has 94 valence electrons. The van der Waals surface area contributed by atoms with E-state index in [4.69, 9.17) is 14.9 Å². The maximum Gasteiger partial charge on any atom is 0.349 e. The van der Waals surface area contributed by atoms with Gasteiger partial charge in [0.15, 0.2) is 0 Å². The van der Waals surface area contributed by atoms with Crippen LogP contribution < -0.4 is 5.32 Å². The first-order chi connectivity index (χ1) is 7.41. The van der Waals surface area contributed by atoms with E-state index < -0.39 is 18.6 Å². The van der Waals surface area contributed by atoms with Crippen molar-refractivity contribution in [3.63, 3.8) is 0 Å². The number of carboxylic acids is 1. The van der Waals surface area contributed by atoms with Gasteiger partial charge in [-0.1, -0.05) is 6.42 Å². The van der Waals surface area contributed by atoms with E-state index in [1.807, 2.05) is 0 Å². The molecule has 1 rings (SSSR count). The fraction of sp³-hybridized carbons (Fsp3) is 0.875. The molecule has 0 saturated carbocycles. The molecule has 1 fully saturated rings. The third kappa shape index (κ3) is 4.43. The minimum Gasteiger partial charge on any atom is -0.480 e. The van der Waals surface area contributed by atoms with Crippen LogP contribution in [0, 0.1) is 0 Å². The summed E-state index contributed by atoms with van der Waals surface area (Å²) in [6, 6.07) is 0. The molecule has 0 aromatic carbocycles. The summed E-state index contributed by atoms with van der Waals surface area (Å²) in [5.74, 6) is -1.44. The van der Waals surface area contributed by atoms with Crippen LogP contribution in [-0.2, 0) is 9.36 Å². The number of hydrogen-bond acceptors (Lipinski definition) is 4. The lowest BCUT2D eigenvalue weighted by Crippen LogP contribution is -2.27. The van der Waals surface area contributed by atoms with E-state index in [0.29, 0.717) is 6.54 Å². The second kappa shape index (κ2) is 6.02. The summed E-state index contributed by atoms with van der Waals surface area (Å²) in [6.45, 7) is 1.49. The molecule has 2 atom stereocenters. The highest BCUT2D eigenvalue weighted by atomic mass is 32.2. The molecule has 4 N–H and O–H groups in total. The fourth-order valence-electron chi connectivity index (χ4n) is 1.57. The van der Waals surface area contributed by atoms with E-state index in [9.17, 15) is 9.36 Å². The van der Waals surface area contributed by atoms with E-state index in [2.05, 4.69) is 5.32 Å². The molecule has 6 nitrogen and oxygen atoms in total. The van der Waals surface area contributed by atoms with E-state index in [1.165, 1.54) is 0 Å². The molecular weight excluding hydrogens is 253 g/mol. The van der Waals surface area contributed by atoms with Gasteiger partial charge in [0, 0.05) is 11.8 Å². The maximum atomic E-state index is 11.0. The lowest BCUT2D eigenvalue weighted by atomic mass is 10.2. The van der Waals surface area contributed by atoms with Gasteiger partial charge in [-0.25, -0.2) is 0 Å². The Morgan fingerprint density at radius 1 is 1.44 bits per heavy atom. The Morgan fingerprint density at radius 2 is 2.12 bits per heavy atom. The smallest absolute Gasteiger partial charge is 0.349 e. The van der Waals surface area contributed by atoms with Crippen LogP contribution in [0.2, 0.25) is 0 Å². The number of carbonyl (C=O) groups is 1. The minimum absolute atomic E-state index is 0.0452. The van der Waals surface area contributed by atoms with Crippen LogP contribution in [0.5, 0.6) is 0 Å². The molecule has 0 amide bonds. The molecule has 0 bridgehead atoms. The highest BCUT2D eigenvalue weighted by Crippen LogP contribution is 2.49. The van der Waals surface area contributed by atoms with Gasteiger partial charge in [0.25, 0.3) is 0 Å². The number of thioether (sulfide) groups is 1.